The molecule has 0 bridgehead atoms. The molecule has 16 heteroatoms. The number of aliphatic hydroxyl groups is 3. The summed E-state index contributed by atoms with van der Waals surface area (Å²) in [5, 5.41) is 33.7. The highest BCUT2D eigenvalue weighted by Gasteiger charge is 2.51. The topological polar surface area (TPSA) is 192 Å². The monoisotopic (exact) mass is 911 g/mol. The molecular formula is C48H82N2O14. The van der Waals surface area contributed by atoms with Crippen LogP contribution in [0, 0.1) is 23.7 Å². The van der Waals surface area contributed by atoms with Crippen LogP contribution in [0.2, 0.25) is 0 Å². The summed E-state index contributed by atoms with van der Waals surface area (Å²) in [7, 11) is 7.69. The number of aliphatic hydroxyl groups excluding tert-OH is 2. The Morgan fingerprint density at radius 2 is 1.59 bits per heavy atom. The first-order valence-corrected chi connectivity index (χ1v) is 23.5. The van der Waals surface area contributed by atoms with E-state index in [2.05, 4.69) is 24.8 Å². The van der Waals surface area contributed by atoms with E-state index in [9.17, 15) is 29.7 Å². The van der Waals surface area contributed by atoms with Crippen LogP contribution in [-0.4, -0.2) is 169 Å². The Morgan fingerprint density at radius 1 is 0.922 bits per heavy atom. The van der Waals surface area contributed by atoms with Crippen LogP contribution in [0.15, 0.2) is 23.8 Å². The Balaban J connectivity index is 1.75. The van der Waals surface area contributed by atoms with Gasteiger partial charge >= 0.3 is 11.9 Å². The van der Waals surface area contributed by atoms with Crippen molar-refractivity contribution in [3.05, 3.63) is 23.8 Å². The van der Waals surface area contributed by atoms with Gasteiger partial charge in [-0.25, -0.2) is 0 Å². The SMILES string of the molecule is CC[C@H]1OC(=O)C[C@@H](OC(C)=O)[C@H](C)[C@@H](O[C@@H]2OC(C)[C@@H](O[C@H]3CC(C)(O)[C@@H](O)C(C)O3)C(N(C)C)C2O)[C@@H](CC=O)C[C@@H](C)[C@@H](O[C@H]2CC[C@H](N(C)C)C(C)O2)/C=C/C(C)=C/[C@@H]1C. The van der Waals surface area contributed by atoms with Gasteiger partial charge in [0.25, 0.3) is 0 Å². The van der Waals surface area contributed by atoms with Gasteiger partial charge < -0.3 is 67.8 Å². The number of hydrogen-bond donors (Lipinski definition) is 3. The van der Waals surface area contributed by atoms with E-state index in [0.717, 1.165) is 18.3 Å². The molecule has 0 saturated carbocycles. The molecule has 4 aliphatic rings. The van der Waals surface area contributed by atoms with Crippen LogP contribution in [0.3, 0.4) is 0 Å². The lowest BCUT2D eigenvalue weighted by atomic mass is 9.79. The van der Waals surface area contributed by atoms with Crippen molar-refractivity contribution in [3.8, 4) is 0 Å². The maximum absolute atomic E-state index is 13.8. The van der Waals surface area contributed by atoms with Crippen LogP contribution < -0.4 is 0 Å². The van der Waals surface area contributed by atoms with Crippen molar-refractivity contribution in [3.63, 3.8) is 0 Å². The second-order valence-electron chi connectivity index (χ2n) is 19.8. The summed E-state index contributed by atoms with van der Waals surface area (Å²) >= 11 is 0. The summed E-state index contributed by atoms with van der Waals surface area (Å²) in [6.07, 6.45) is -0.942. The van der Waals surface area contributed by atoms with Crippen LogP contribution in [0.1, 0.15) is 114 Å². The maximum atomic E-state index is 13.8. The fourth-order valence-electron chi connectivity index (χ4n) is 10.2. The molecule has 3 saturated heterocycles. The first-order chi connectivity index (χ1) is 30.0. The molecule has 3 N–H and O–H groups in total. The second-order valence-corrected chi connectivity index (χ2v) is 19.8. The number of carbonyl (C=O) groups is 3. The molecule has 0 aromatic heterocycles. The summed E-state index contributed by atoms with van der Waals surface area (Å²) < 4.78 is 51.0. The van der Waals surface area contributed by atoms with Gasteiger partial charge in [0, 0.05) is 37.6 Å². The molecule has 6 unspecified atom stereocenters. The lowest BCUT2D eigenvalue weighted by Gasteiger charge is -2.50. The molecule has 0 spiro atoms. The number of allylic oxidation sites excluding steroid dienone is 2. The summed E-state index contributed by atoms with van der Waals surface area (Å²) in [5.41, 5.74) is -0.517. The van der Waals surface area contributed by atoms with E-state index in [4.69, 9.17) is 37.9 Å². The zero-order valence-electron chi connectivity index (χ0n) is 41.0. The number of carbonyl (C=O) groups excluding carboxylic acids is 3. The summed E-state index contributed by atoms with van der Waals surface area (Å²) in [6, 6.07) is -0.465. The van der Waals surface area contributed by atoms with Gasteiger partial charge in [-0.3, -0.25) is 9.59 Å². The number of esters is 2. The largest absolute Gasteiger partial charge is 0.462 e. The van der Waals surface area contributed by atoms with Crippen molar-refractivity contribution in [2.45, 2.75) is 212 Å². The Labute approximate surface area is 382 Å². The lowest BCUT2D eigenvalue weighted by molar-refractivity contribution is -0.342. The van der Waals surface area contributed by atoms with E-state index in [0.29, 0.717) is 19.3 Å². The van der Waals surface area contributed by atoms with E-state index in [-0.39, 0.29) is 43.2 Å². The minimum atomic E-state index is -1.48. The number of ether oxygens (including phenoxy) is 8. The molecule has 4 heterocycles. The molecule has 0 aliphatic carbocycles. The number of nitrogens with zero attached hydrogens (tertiary/aromatic N) is 2. The van der Waals surface area contributed by atoms with Crippen molar-refractivity contribution >= 4 is 18.2 Å². The van der Waals surface area contributed by atoms with E-state index in [1.807, 2.05) is 53.9 Å². The number of rotatable bonds is 12. The average molecular weight is 911 g/mol. The fraction of sp³-hybridized carbons (Fsp3) is 0.854. The van der Waals surface area contributed by atoms with Crippen LogP contribution in [0.25, 0.3) is 0 Å². The summed E-state index contributed by atoms with van der Waals surface area (Å²) in [6.45, 7) is 18.1. The van der Waals surface area contributed by atoms with Crippen LogP contribution in [-0.2, 0) is 52.3 Å². The van der Waals surface area contributed by atoms with Crippen LogP contribution in [0.4, 0.5) is 0 Å². The first kappa shape index (κ1) is 54.3. The Bertz CT molecular complexity index is 1560. The highest BCUT2D eigenvalue weighted by atomic mass is 16.7. The average Bonchev–Trinajstić information content (AvgIpc) is 3.19. The third kappa shape index (κ3) is 14.3. The smallest absolute Gasteiger partial charge is 0.309 e. The van der Waals surface area contributed by atoms with E-state index < -0.39 is 109 Å². The molecule has 3 fully saturated rings. The van der Waals surface area contributed by atoms with Crippen molar-refractivity contribution in [1.82, 2.24) is 9.80 Å². The van der Waals surface area contributed by atoms with Crippen molar-refractivity contribution in [2.24, 2.45) is 23.7 Å². The van der Waals surface area contributed by atoms with Gasteiger partial charge in [-0.05, 0) is 100 Å². The normalized spacial score (nSPS) is 44.7. The molecule has 0 amide bonds. The number of cyclic esters (lactones) is 1. The maximum Gasteiger partial charge on any atom is 0.309 e. The number of hydrogen-bond acceptors (Lipinski definition) is 16. The van der Waals surface area contributed by atoms with Gasteiger partial charge in [0.1, 0.15) is 36.8 Å². The molecule has 0 aromatic rings. The van der Waals surface area contributed by atoms with E-state index >= 15 is 0 Å². The predicted molar refractivity (Wildman–Crippen MR) is 239 cm³/mol. The van der Waals surface area contributed by atoms with Gasteiger partial charge in [-0.1, -0.05) is 51.5 Å². The molecule has 0 radical (unpaired) electrons. The molecule has 16 nitrogen and oxygen atoms in total. The Kier molecular flexibility index (Phi) is 20.4. The van der Waals surface area contributed by atoms with Gasteiger partial charge in [-0.15, -0.1) is 0 Å². The summed E-state index contributed by atoms with van der Waals surface area (Å²) in [5.74, 6) is -2.75. The molecule has 368 valence electrons. The quantitative estimate of drug-likeness (QED) is 0.183. The Morgan fingerprint density at radius 3 is 2.17 bits per heavy atom. The zero-order valence-corrected chi connectivity index (χ0v) is 41.0. The summed E-state index contributed by atoms with van der Waals surface area (Å²) in [4.78, 5) is 43.2. The van der Waals surface area contributed by atoms with Gasteiger partial charge in [0.15, 0.2) is 18.9 Å². The first-order valence-electron chi connectivity index (χ1n) is 23.5. The second kappa shape index (κ2) is 24.1. The van der Waals surface area contributed by atoms with Gasteiger partial charge in [0.2, 0.25) is 0 Å². The van der Waals surface area contributed by atoms with Crippen LogP contribution in [0.5, 0.6) is 0 Å². The minimum absolute atomic E-state index is 0.0147. The molecular weight excluding hydrogens is 829 g/mol. The third-order valence-electron chi connectivity index (χ3n) is 13.8. The molecule has 4 rings (SSSR count). The lowest BCUT2D eigenvalue weighted by Crippen LogP contribution is -2.65. The molecule has 4 aliphatic heterocycles. The molecule has 64 heavy (non-hydrogen) atoms. The standard InChI is InChI=1S/C48H82N2O14/c1-15-36-27(3)22-26(2)16-18-37(62-40-19-17-35(49(11)12)30(6)57-40)28(4)23-34(20-21-51)44(29(5)38(60-33(9)52)24-39(53)61-36)64-47-43(54)42(50(13)14)45(31(7)59-47)63-41-25-48(10,56)46(55)32(8)58-41/h16,18,21-22,27-32,34-38,40-47,54-56H,15,17,19-20,23-25H2,1-14H3/b18-16+,26-22+/t27-,28+,29-,30?,31?,32?,34-,35-,36+,37-,38+,40-,41-,42?,43?,44+,45+,46-,47-,48?/m0/s1. The molecule has 0 aromatic carbocycles. The predicted octanol–water partition coefficient (Wildman–Crippen LogP) is 4.54. The third-order valence-corrected chi connectivity index (χ3v) is 13.8. The van der Waals surface area contributed by atoms with Crippen molar-refractivity contribution < 1.29 is 67.6 Å². The fourth-order valence-corrected chi connectivity index (χ4v) is 10.2. The number of aldehydes is 1. The Hall–Kier alpha value is -2.35. The van der Waals surface area contributed by atoms with E-state index in [1.54, 1.807) is 32.8 Å². The zero-order chi connectivity index (χ0) is 47.8. The highest BCUT2D eigenvalue weighted by Crippen LogP contribution is 2.39. The van der Waals surface area contributed by atoms with Crippen molar-refractivity contribution in [2.75, 3.05) is 28.2 Å². The minimum Gasteiger partial charge on any atom is -0.462 e. The van der Waals surface area contributed by atoms with Gasteiger partial charge in [0.05, 0.1) is 48.6 Å². The van der Waals surface area contributed by atoms with Crippen molar-refractivity contribution in [1.29, 1.82) is 0 Å². The number of likely N-dealkylation sites (N-methyl/N-ethyl adjacent to an activating group) is 2. The van der Waals surface area contributed by atoms with Gasteiger partial charge in [-0.2, -0.15) is 0 Å². The van der Waals surface area contributed by atoms with Crippen LogP contribution >= 0.6 is 0 Å². The van der Waals surface area contributed by atoms with E-state index in [1.165, 1.54) is 13.8 Å². The molecule has 20 atom stereocenters. The highest BCUT2D eigenvalue weighted by molar-refractivity contribution is 5.71.